The second-order valence-electron chi connectivity index (χ2n) is 5.42. The predicted octanol–water partition coefficient (Wildman–Crippen LogP) is 4.82. The molecule has 5 nitrogen and oxygen atoms in total. The molecule has 3 heterocycles. The van der Waals surface area contributed by atoms with Crippen LogP contribution in [-0.2, 0) is 0 Å². The number of aromatic amines is 1. The zero-order valence-electron chi connectivity index (χ0n) is 13.6. The fraction of sp³-hybridized carbons (Fsp3) is 0. The molecule has 0 atom stereocenters. The number of hydrogen-bond acceptors (Lipinski definition) is 4. The molecule has 0 radical (unpaired) electrons. The first-order chi connectivity index (χ1) is 12.8. The van der Waals surface area contributed by atoms with Gasteiger partial charge in [0.15, 0.2) is 0 Å². The molecule has 7 heteroatoms. The highest BCUT2D eigenvalue weighted by Gasteiger charge is 2.08. The lowest BCUT2D eigenvalue weighted by Crippen LogP contribution is -2.11. The fourth-order valence-corrected chi connectivity index (χ4v) is 3.67. The summed E-state index contributed by atoms with van der Waals surface area (Å²) in [5.41, 5.74) is 3.75. The van der Waals surface area contributed by atoms with Crippen molar-refractivity contribution in [3.05, 3.63) is 87.5 Å². The van der Waals surface area contributed by atoms with Crippen LogP contribution >= 0.6 is 27.3 Å². The minimum atomic E-state index is 0.774. The fourth-order valence-electron chi connectivity index (χ4n) is 2.41. The number of thiazole rings is 1. The van der Waals surface area contributed by atoms with Gasteiger partial charge in [-0.1, -0.05) is 28.1 Å². The molecule has 0 spiro atoms. The molecule has 0 bridgehead atoms. The summed E-state index contributed by atoms with van der Waals surface area (Å²) < 4.78 is 2.87. The van der Waals surface area contributed by atoms with Crippen LogP contribution in [0.5, 0.6) is 0 Å². The Labute approximate surface area is 162 Å². The Bertz CT molecular complexity index is 1090. The number of rotatable bonds is 4. The molecule has 128 valence electrons. The minimum Gasteiger partial charge on any atom is -0.360 e. The summed E-state index contributed by atoms with van der Waals surface area (Å²) in [6.07, 6.45) is 7.13. The van der Waals surface area contributed by atoms with Gasteiger partial charge >= 0.3 is 0 Å². The molecule has 4 aromatic rings. The third-order valence-corrected chi connectivity index (χ3v) is 4.92. The Morgan fingerprint density at radius 2 is 2.12 bits per heavy atom. The zero-order chi connectivity index (χ0) is 17.8. The van der Waals surface area contributed by atoms with Gasteiger partial charge in [0.2, 0.25) is 4.80 Å². The molecule has 0 fully saturated rings. The number of aromatic nitrogens is 3. The first-order valence-corrected chi connectivity index (χ1v) is 9.56. The number of nitrogens with one attached hydrogen (secondary N) is 1. The molecule has 26 heavy (non-hydrogen) atoms. The second kappa shape index (κ2) is 7.63. The highest BCUT2D eigenvalue weighted by molar-refractivity contribution is 9.10. The molecule has 1 N–H and O–H groups in total. The number of H-pyrrole nitrogens is 1. The van der Waals surface area contributed by atoms with E-state index in [0.29, 0.717) is 0 Å². The van der Waals surface area contributed by atoms with Gasteiger partial charge in [-0.05, 0) is 36.4 Å². The number of hydrogen-bond donors (Lipinski definition) is 1. The highest BCUT2D eigenvalue weighted by atomic mass is 79.9. The number of halogens is 1. The van der Waals surface area contributed by atoms with Crippen LogP contribution in [0.4, 0.5) is 5.69 Å². The van der Waals surface area contributed by atoms with Gasteiger partial charge in [0.05, 0.1) is 29.5 Å². The lowest BCUT2D eigenvalue weighted by Gasteiger charge is -2.04. The quantitative estimate of drug-likeness (QED) is 0.470. The third kappa shape index (κ3) is 3.74. The maximum Gasteiger partial charge on any atom is 0.211 e. The number of pyridine rings is 1. The third-order valence-electron chi connectivity index (χ3n) is 3.61. The molecular weight excluding hydrogens is 410 g/mol. The summed E-state index contributed by atoms with van der Waals surface area (Å²) in [5.74, 6) is 0. The maximum absolute atomic E-state index is 4.69. The summed E-state index contributed by atoms with van der Waals surface area (Å²) in [6.45, 7) is 0. The Hall–Kier alpha value is -2.77. The Balaban J connectivity index is 1.86. The summed E-state index contributed by atoms with van der Waals surface area (Å²) in [4.78, 5) is 12.7. The molecule has 0 aliphatic carbocycles. The van der Waals surface area contributed by atoms with Crippen LogP contribution in [0.15, 0.2) is 87.1 Å². The molecule has 0 unspecified atom stereocenters. The normalized spacial score (nSPS) is 12.1. The van der Waals surface area contributed by atoms with E-state index in [1.165, 1.54) is 11.3 Å². The van der Waals surface area contributed by atoms with Gasteiger partial charge in [-0.3, -0.25) is 4.98 Å². The van der Waals surface area contributed by atoms with E-state index in [2.05, 4.69) is 48.5 Å². The average Bonchev–Trinajstić information content (AvgIpc) is 3.31. The number of benzene rings is 1. The first-order valence-electron chi connectivity index (χ1n) is 7.88. The van der Waals surface area contributed by atoms with Crippen molar-refractivity contribution in [1.29, 1.82) is 0 Å². The van der Waals surface area contributed by atoms with E-state index in [9.17, 15) is 0 Å². The van der Waals surface area contributed by atoms with Gasteiger partial charge in [-0.15, -0.1) is 11.3 Å². The SMILES string of the molecule is Brc1cccc(-c2csc(=Nc3cccnc3)n2N=Cc2ccc[nH]2)c1. The van der Waals surface area contributed by atoms with Crippen molar-refractivity contribution >= 4 is 39.2 Å². The lowest BCUT2D eigenvalue weighted by molar-refractivity contribution is 0.853. The van der Waals surface area contributed by atoms with E-state index >= 15 is 0 Å². The molecule has 3 aromatic heterocycles. The van der Waals surface area contributed by atoms with Gasteiger partial charge in [-0.25, -0.2) is 9.67 Å². The minimum absolute atomic E-state index is 0.774. The van der Waals surface area contributed by atoms with Crippen molar-refractivity contribution in [2.24, 2.45) is 10.1 Å². The monoisotopic (exact) mass is 423 g/mol. The van der Waals surface area contributed by atoms with Gasteiger partial charge in [0.1, 0.15) is 0 Å². The van der Waals surface area contributed by atoms with Gasteiger partial charge in [-0.2, -0.15) is 5.10 Å². The second-order valence-corrected chi connectivity index (χ2v) is 7.17. The average molecular weight is 424 g/mol. The molecule has 0 aliphatic heterocycles. The van der Waals surface area contributed by atoms with Crippen molar-refractivity contribution in [3.8, 4) is 11.3 Å². The molecule has 1 aromatic carbocycles. The van der Waals surface area contributed by atoms with Crippen LogP contribution < -0.4 is 4.80 Å². The lowest BCUT2D eigenvalue weighted by atomic mass is 10.2. The molecule has 0 saturated heterocycles. The van der Waals surface area contributed by atoms with Crippen molar-refractivity contribution < 1.29 is 0 Å². The van der Waals surface area contributed by atoms with E-state index in [-0.39, 0.29) is 0 Å². The maximum atomic E-state index is 4.69. The van der Waals surface area contributed by atoms with E-state index in [1.54, 1.807) is 18.6 Å². The van der Waals surface area contributed by atoms with Crippen LogP contribution in [0.2, 0.25) is 0 Å². The van der Waals surface area contributed by atoms with Gasteiger partial charge < -0.3 is 4.98 Å². The van der Waals surface area contributed by atoms with Crippen LogP contribution in [0.3, 0.4) is 0 Å². The predicted molar refractivity (Wildman–Crippen MR) is 109 cm³/mol. The summed E-state index contributed by atoms with van der Waals surface area (Å²) in [5, 5.41) is 6.71. The highest BCUT2D eigenvalue weighted by Crippen LogP contribution is 2.24. The zero-order valence-corrected chi connectivity index (χ0v) is 16.0. The molecule has 4 rings (SSSR count). The first kappa shape index (κ1) is 16.7. The van der Waals surface area contributed by atoms with Crippen LogP contribution in [-0.4, -0.2) is 20.9 Å². The summed E-state index contributed by atoms with van der Waals surface area (Å²) in [7, 11) is 0. The van der Waals surface area contributed by atoms with Gasteiger partial charge in [0.25, 0.3) is 0 Å². The van der Waals surface area contributed by atoms with E-state index in [1.807, 2.05) is 47.3 Å². The molecular formula is C19H14BrN5S. The van der Waals surface area contributed by atoms with E-state index in [4.69, 9.17) is 4.99 Å². The van der Waals surface area contributed by atoms with Crippen molar-refractivity contribution in [1.82, 2.24) is 14.6 Å². The van der Waals surface area contributed by atoms with E-state index < -0.39 is 0 Å². The van der Waals surface area contributed by atoms with Crippen molar-refractivity contribution in [3.63, 3.8) is 0 Å². The smallest absolute Gasteiger partial charge is 0.211 e. The van der Waals surface area contributed by atoms with Crippen molar-refractivity contribution in [2.75, 3.05) is 0 Å². The van der Waals surface area contributed by atoms with Crippen molar-refractivity contribution in [2.45, 2.75) is 0 Å². The largest absolute Gasteiger partial charge is 0.360 e. The summed E-state index contributed by atoms with van der Waals surface area (Å²) in [6, 6.07) is 15.8. The van der Waals surface area contributed by atoms with Crippen LogP contribution in [0, 0.1) is 0 Å². The van der Waals surface area contributed by atoms with Gasteiger partial charge in [0, 0.05) is 27.8 Å². The standard InChI is InChI=1S/C19H14BrN5S/c20-15-5-1-4-14(10-15)18-13-26-19(24-17-7-2-8-21-11-17)25(18)23-12-16-6-3-9-22-16/h1-13,22H. The molecule has 0 aliphatic rings. The van der Waals surface area contributed by atoms with E-state index in [0.717, 1.165) is 31.9 Å². The van der Waals surface area contributed by atoms with Crippen LogP contribution in [0.1, 0.15) is 5.69 Å². The Morgan fingerprint density at radius 1 is 1.15 bits per heavy atom. The van der Waals surface area contributed by atoms with Crippen LogP contribution in [0.25, 0.3) is 11.3 Å². The molecule has 0 amide bonds. The summed E-state index contributed by atoms with van der Waals surface area (Å²) >= 11 is 5.07. The number of nitrogens with zero attached hydrogens (tertiary/aromatic N) is 4. The molecule has 0 saturated carbocycles. The Kier molecular flexibility index (Phi) is 4.90. The topological polar surface area (TPSA) is 58.3 Å². The Morgan fingerprint density at radius 3 is 2.88 bits per heavy atom.